The Kier molecular flexibility index (Phi) is 5.00. The summed E-state index contributed by atoms with van der Waals surface area (Å²) in [5, 5.41) is 5.13. The van der Waals surface area contributed by atoms with Crippen LogP contribution in [-0.4, -0.2) is 20.9 Å². The molecule has 0 heterocycles. The lowest BCUT2D eigenvalue weighted by molar-refractivity contribution is 0.0987. The number of primary sulfonamides is 1. The molecule has 0 aromatic heterocycles. The molecule has 0 aliphatic heterocycles. The summed E-state index contributed by atoms with van der Waals surface area (Å²) in [6.45, 7) is 2.30. The third-order valence-corrected chi connectivity index (χ3v) is 4.73. The largest absolute Gasteiger partial charge is 0.309 e. The van der Waals surface area contributed by atoms with Gasteiger partial charge < -0.3 is 4.90 Å². The van der Waals surface area contributed by atoms with Crippen molar-refractivity contribution in [3.8, 4) is 0 Å². The monoisotopic (exact) mass is 382 g/mol. The number of carbonyl (C=O) groups excluding carboxylic acids is 1. The van der Waals surface area contributed by atoms with Gasteiger partial charge in [0.25, 0.3) is 5.91 Å². The van der Waals surface area contributed by atoms with Gasteiger partial charge in [-0.1, -0.05) is 18.2 Å². The maximum Gasteiger partial charge on any atom is 0.259 e. The molecule has 0 saturated carbocycles. The maximum absolute atomic E-state index is 12.7. The molecule has 2 N–H and O–H groups in total. The number of sulfonamides is 1. The van der Waals surface area contributed by atoms with E-state index in [0.717, 1.165) is 5.69 Å². The summed E-state index contributed by atoms with van der Waals surface area (Å²) in [4.78, 5) is 14.2. The van der Waals surface area contributed by atoms with Crippen LogP contribution in [0.3, 0.4) is 0 Å². The zero-order valence-corrected chi connectivity index (χ0v) is 14.3. The van der Waals surface area contributed by atoms with Crippen molar-refractivity contribution in [1.82, 2.24) is 0 Å². The van der Waals surface area contributed by atoms with E-state index in [0.29, 0.717) is 11.0 Å². The fourth-order valence-corrected chi connectivity index (χ4v) is 3.00. The number of halogens is 1. The minimum atomic E-state index is -3.86. The summed E-state index contributed by atoms with van der Waals surface area (Å²) in [5.74, 6) is -0.300. The van der Waals surface area contributed by atoms with E-state index in [9.17, 15) is 13.2 Å². The van der Waals surface area contributed by atoms with Crippen molar-refractivity contribution in [2.45, 2.75) is 11.8 Å². The smallest absolute Gasteiger partial charge is 0.259 e. The SMILES string of the molecule is CCN(C(=O)c1cc(S(N)(=O)=O)ccc1Br)c1ccccc1. The van der Waals surface area contributed by atoms with Gasteiger partial charge in [0.2, 0.25) is 10.0 Å². The first kappa shape index (κ1) is 16.7. The van der Waals surface area contributed by atoms with Crippen molar-refractivity contribution in [3.05, 3.63) is 58.6 Å². The Morgan fingerprint density at radius 2 is 1.82 bits per heavy atom. The summed E-state index contributed by atoms with van der Waals surface area (Å²) in [7, 11) is -3.86. The number of hydrogen-bond acceptors (Lipinski definition) is 3. The first-order valence-electron chi connectivity index (χ1n) is 6.54. The zero-order chi connectivity index (χ0) is 16.3. The van der Waals surface area contributed by atoms with Gasteiger partial charge in [-0.3, -0.25) is 4.79 Å². The summed E-state index contributed by atoms with van der Waals surface area (Å²) in [6.07, 6.45) is 0. The van der Waals surface area contributed by atoms with Gasteiger partial charge in [0.1, 0.15) is 0 Å². The average molecular weight is 383 g/mol. The van der Waals surface area contributed by atoms with Crippen molar-refractivity contribution in [2.24, 2.45) is 5.14 Å². The maximum atomic E-state index is 12.7. The van der Waals surface area contributed by atoms with E-state index in [1.54, 1.807) is 4.90 Å². The highest BCUT2D eigenvalue weighted by molar-refractivity contribution is 9.10. The van der Waals surface area contributed by atoms with E-state index in [2.05, 4.69) is 15.9 Å². The Morgan fingerprint density at radius 1 is 1.18 bits per heavy atom. The van der Waals surface area contributed by atoms with E-state index >= 15 is 0 Å². The van der Waals surface area contributed by atoms with Crippen LogP contribution in [-0.2, 0) is 10.0 Å². The molecule has 0 radical (unpaired) electrons. The summed E-state index contributed by atoms with van der Waals surface area (Å²) in [5.41, 5.74) is 0.986. The summed E-state index contributed by atoms with van der Waals surface area (Å²) < 4.78 is 23.4. The van der Waals surface area contributed by atoms with Gasteiger partial charge in [-0.15, -0.1) is 0 Å². The van der Waals surface area contributed by atoms with Crippen LogP contribution in [0.15, 0.2) is 57.9 Å². The van der Waals surface area contributed by atoms with E-state index in [-0.39, 0.29) is 16.4 Å². The Bertz CT molecular complexity index is 792. The molecule has 1 amide bonds. The predicted molar refractivity (Wildman–Crippen MR) is 89.3 cm³/mol. The molecule has 0 spiro atoms. The highest BCUT2D eigenvalue weighted by Crippen LogP contribution is 2.24. The fraction of sp³-hybridized carbons (Fsp3) is 0.133. The Balaban J connectivity index is 2.48. The topological polar surface area (TPSA) is 80.5 Å². The minimum Gasteiger partial charge on any atom is -0.309 e. The van der Waals surface area contributed by atoms with Gasteiger partial charge in [-0.05, 0) is 53.2 Å². The van der Waals surface area contributed by atoms with E-state index in [1.807, 2.05) is 37.3 Å². The molecule has 5 nitrogen and oxygen atoms in total. The van der Waals surface area contributed by atoms with Gasteiger partial charge in [-0.25, -0.2) is 13.6 Å². The van der Waals surface area contributed by atoms with Crippen molar-refractivity contribution >= 4 is 37.5 Å². The second kappa shape index (κ2) is 6.60. The van der Waals surface area contributed by atoms with Gasteiger partial charge in [0.05, 0.1) is 10.5 Å². The first-order valence-corrected chi connectivity index (χ1v) is 8.87. The molecular formula is C15H15BrN2O3S. The Morgan fingerprint density at radius 3 is 2.36 bits per heavy atom. The number of benzene rings is 2. The normalized spacial score (nSPS) is 11.2. The molecule has 2 rings (SSSR count). The number of rotatable bonds is 4. The van der Waals surface area contributed by atoms with Crippen LogP contribution in [0.2, 0.25) is 0 Å². The number of anilines is 1. The van der Waals surface area contributed by atoms with Crippen LogP contribution < -0.4 is 10.0 Å². The molecule has 2 aromatic rings. The lowest BCUT2D eigenvalue weighted by atomic mass is 10.2. The van der Waals surface area contributed by atoms with Gasteiger partial charge >= 0.3 is 0 Å². The summed E-state index contributed by atoms with van der Waals surface area (Å²) in [6, 6.07) is 13.3. The Labute approximate surface area is 137 Å². The third kappa shape index (κ3) is 3.55. The number of carbonyl (C=O) groups is 1. The first-order chi connectivity index (χ1) is 10.3. The molecule has 0 bridgehead atoms. The van der Waals surface area contributed by atoms with Crippen LogP contribution >= 0.6 is 15.9 Å². The summed E-state index contributed by atoms with van der Waals surface area (Å²) >= 11 is 3.28. The van der Waals surface area contributed by atoms with Crippen LogP contribution in [0, 0.1) is 0 Å². The average Bonchev–Trinajstić information content (AvgIpc) is 2.48. The molecule has 0 unspecified atom stereocenters. The van der Waals surface area contributed by atoms with Crippen molar-refractivity contribution < 1.29 is 13.2 Å². The van der Waals surface area contributed by atoms with Crippen molar-refractivity contribution in [2.75, 3.05) is 11.4 Å². The molecule has 0 fully saturated rings. The molecule has 0 aliphatic carbocycles. The van der Waals surface area contributed by atoms with Crippen LogP contribution in [0.25, 0.3) is 0 Å². The number of nitrogens with zero attached hydrogens (tertiary/aromatic N) is 1. The van der Waals surface area contributed by atoms with Gasteiger partial charge in [0.15, 0.2) is 0 Å². The molecule has 116 valence electrons. The van der Waals surface area contributed by atoms with E-state index in [1.165, 1.54) is 18.2 Å². The van der Waals surface area contributed by atoms with Gasteiger partial charge in [-0.2, -0.15) is 0 Å². The van der Waals surface area contributed by atoms with E-state index < -0.39 is 10.0 Å². The molecule has 0 saturated heterocycles. The van der Waals surface area contributed by atoms with E-state index in [4.69, 9.17) is 5.14 Å². The second-order valence-electron chi connectivity index (χ2n) is 4.57. The molecule has 0 aliphatic rings. The van der Waals surface area contributed by atoms with Crippen molar-refractivity contribution in [1.29, 1.82) is 0 Å². The van der Waals surface area contributed by atoms with Gasteiger partial charge in [0, 0.05) is 16.7 Å². The number of amides is 1. The fourth-order valence-electron chi connectivity index (χ4n) is 2.04. The highest BCUT2D eigenvalue weighted by Gasteiger charge is 2.20. The number of nitrogens with two attached hydrogens (primary N) is 1. The zero-order valence-electron chi connectivity index (χ0n) is 11.9. The quantitative estimate of drug-likeness (QED) is 0.882. The van der Waals surface area contributed by atoms with Crippen LogP contribution in [0.1, 0.15) is 17.3 Å². The third-order valence-electron chi connectivity index (χ3n) is 3.13. The highest BCUT2D eigenvalue weighted by atomic mass is 79.9. The molecule has 0 atom stereocenters. The van der Waals surface area contributed by atoms with Crippen LogP contribution in [0.5, 0.6) is 0 Å². The lowest BCUT2D eigenvalue weighted by Gasteiger charge is -2.22. The Hall–Kier alpha value is -1.70. The molecule has 2 aromatic carbocycles. The number of para-hydroxylation sites is 1. The molecule has 7 heteroatoms. The second-order valence-corrected chi connectivity index (χ2v) is 6.99. The van der Waals surface area contributed by atoms with Crippen molar-refractivity contribution in [3.63, 3.8) is 0 Å². The molecule has 22 heavy (non-hydrogen) atoms. The minimum absolute atomic E-state index is 0.0943. The standard InChI is InChI=1S/C15H15BrN2O3S/c1-2-18(11-6-4-3-5-7-11)15(19)13-10-12(22(17,20)21)8-9-14(13)16/h3-10H,2H2,1H3,(H2,17,20,21). The van der Waals surface area contributed by atoms with Crippen LogP contribution in [0.4, 0.5) is 5.69 Å². The lowest BCUT2D eigenvalue weighted by Crippen LogP contribution is -2.31. The predicted octanol–water partition coefficient (Wildman–Crippen LogP) is 2.76. The molecular weight excluding hydrogens is 368 g/mol. The number of hydrogen-bond donors (Lipinski definition) is 1.